The van der Waals surface area contributed by atoms with Crippen LogP contribution in [0.5, 0.6) is 0 Å². The van der Waals surface area contributed by atoms with Crippen LogP contribution in [0.15, 0.2) is 54.6 Å². The average Bonchev–Trinajstić information content (AvgIpc) is 2.78. The van der Waals surface area contributed by atoms with Crippen LogP contribution in [0, 0.1) is 0 Å². The van der Waals surface area contributed by atoms with Crippen molar-refractivity contribution < 1.29 is 9.59 Å². The predicted molar refractivity (Wildman–Crippen MR) is 125 cm³/mol. The molecular formula is C23H28N4O2S. The van der Waals surface area contributed by atoms with Crippen LogP contribution >= 0.6 is 12.2 Å². The maximum absolute atomic E-state index is 12.7. The topological polar surface area (TPSA) is 64.7 Å². The van der Waals surface area contributed by atoms with E-state index < -0.39 is 0 Å². The zero-order valence-corrected chi connectivity index (χ0v) is 18.1. The van der Waals surface area contributed by atoms with Gasteiger partial charge in [-0.05, 0) is 42.9 Å². The Balaban J connectivity index is 1.59. The molecule has 0 saturated carbocycles. The predicted octanol–water partition coefficient (Wildman–Crippen LogP) is 3.65. The summed E-state index contributed by atoms with van der Waals surface area (Å²) in [6.07, 6.45) is 2.28. The lowest BCUT2D eigenvalue weighted by Crippen LogP contribution is -2.49. The quantitative estimate of drug-likeness (QED) is 0.693. The van der Waals surface area contributed by atoms with Crippen LogP contribution in [-0.2, 0) is 4.79 Å². The van der Waals surface area contributed by atoms with Gasteiger partial charge in [0.25, 0.3) is 5.91 Å². The van der Waals surface area contributed by atoms with Crippen molar-refractivity contribution in [3.05, 3.63) is 60.2 Å². The molecule has 0 radical (unpaired) electrons. The first kappa shape index (κ1) is 21.8. The van der Waals surface area contributed by atoms with Crippen molar-refractivity contribution in [1.29, 1.82) is 0 Å². The van der Waals surface area contributed by atoms with Gasteiger partial charge < -0.3 is 20.4 Å². The highest BCUT2D eigenvalue weighted by Crippen LogP contribution is 2.27. The van der Waals surface area contributed by atoms with Crippen molar-refractivity contribution in [2.45, 2.75) is 26.2 Å². The number of carbonyl (C=O) groups excluding carboxylic acids is 2. The number of nitrogens with one attached hydrogen (secondary N) is 2. The van der Waals surface area contributed by atoms with E-state index in [1.165, 1.54) is 0 Å². The molecule has 1 aliphatic rings. The summed E-state index contributed by atoms with van der Waals surface area (Å²) in [7, 11) is 0. The molecule has 2 N–H and O–H groups in total. The Morgan fingerprint density at radius 2 is 1.63 bits per heavy atom. The highest BCUT2D eigenvalue weighted by molar-refractivity contribution is 7.80. The van der Waals surface area contributed by atoms with Crippen LogP contribution < -0.4 is 15.5 Å². The maximum Gasteiger partial charge on any atom is 0.253 e. The van der Waals surface area contributed by atoms with Crippen LogP contribution in [0.2, 0.25) is 0 Å². The largest absolute Gasteiger partial charge is 0.366 e. The van der Waals surface area contributed by atoms with Gasteiger partial charge >= 0.3 is 0 Å². The SMILES string of the molecule is CCCCC(=O)NC(=S)Nc1ccccc1N1CCN(C(=O)c2ccccc2)CC1. The van der Waals surface area contributed by atoms with E-state index in [1.54, 1.807) is 0 Å². The third-order valence-corrected chi connectivity index (χ3v) is 5.30. The summed E-state index contributed by atoms with van der Waals surface area (Å²) >= 11 is 5.32. The summed E-state index contributed by atoms with van der Waals surface area (Å²) in [6.45, 7) is 4.81. The number of piperazine rings is 1. The van der Waals surface area contributed by atoms with Crippen molar-refractivity contribution in [3.63, 3.8) is 0 Å². The third kappa shape index (κ3) is 5.79. The molecule has 1 fully saturated rings. The minimum Gasteiger partial charge on any atom is -0.366 e. The molecule has 1 aliphatic heterocycles. The summed E-state index contributed by atoms with van der Waals surface area (Å²) < 4.78 is 0. The molecular weight excluding hydrogens is 396 g/mol. The van der Waals surface area contributed by atoms with Gasteiger partial charge in [-0.25, -0.2) is 0 Å². The fourth-order valence-electron chi connectivity index (χ4n) is 3.45. The van der Waals surface area contributed by atoms with E-state index in [1.807, 2.05) is 66.4 Å². The number of benzene rings is 2. The number of amides is 2. The second-order valence-corrected chi connectivity index (χ2v) is 7.68. The number of rotatable bonds is 6. The first-order valence-corrected chi connectivity index (χ1v) is 10.8. The molecule has 0 unspecified atom stereocenters. The maximum atomic E-state index is 12.7. The van der Waals surface area contributed by atoms with E-state index in [0.29, 0.717) is 24.6 Å². The first-order chi connectivity index (χ1) is 14.6. The number of hydrogen-bond donors (Lipinski definition) is 2. The molecule has 2 amide bonds. The van der Waals surface area contributed by atoms with Crippen LogP contribution in [0.3, 0.4) is 0 Å². The second kappa shape index (κ2) is 10.7. The van der Waals surface area contributed by atoms with E-state index in [4.69, 9.17) is 12.2 Å². The molecule has 1 saturated heterocycles. The molecule has 0 aromatic heterocycles. The summed E-state index contributed by atoms with van der Waals surface area (Å²) in [6, 6.07) is 17.3. The molecule has 0 bridgehead atoms. The highest BCUT2D eigenvalue weighted by Gasteiger charge is 2.23. The van der Waals surface area contributed by atoms with Gasteiger partial charge in [0.1, 0.15) is 0 Å². The van der Waals surface area contributed by atoms with Gasteiger partial charge in [-0.1, -0.05) is 43.7 Å². The number of anilines is 2. The third-order valence-electron chi connectivity index (χ3n) is 5.09. The van der Waals surface area contributed by atoms with Gasteiger partial charge in [-0.3, -0.25) is 9.59 Å². The summed E-state index contributed by atoms with van der Waals surface area (Å²) in [5.41, 5.74) is 2.58. The van der Waals surface area contributed by atoms with Gasteiger partial charge in [-0.2, -0.15) is 0 Å². The van der Waals surface area contributed by atoms with Crippen molar-refractivity contribution in [1.82, 2.24) is 10.2 Å². The van der Waals surface area contributed by atoms with E-state index in [9.17, 15) is 9.59 Å². The van der Waals surface area contributed by atoms with Crippen molar-refractivity contribution in [2.24, 2.45) is 0 Å². The Morgan fingerprint density at radius 1 is 0.967 bits per heavy atom. The number of thiocarbonyl (C=S) groups is 1. The highest BCUT2D eigenvalue weighted by atomic mass is 32.1. The monoisotopic (exact) mass is 424 g/mol. The van der Waals surface area contributed by atoms with Crippen LogP contribution in [0.4, 0.5) is 11.4 Å². The zero-order valence-electron chi connectivity index (χ0n) is 17.3. The first-order valence-electron chi connectivity index (χ1n) is 10.4. The lowest BCUT2D eigenvalue weighted by molar-refractivity contribution is -0.119. The van der Waals surface area contributed by atoms with Crippen LogP contribution in [0.1, 0.15) is 36.5 Å². The van der Waals surface area contributed by atoms with Crippen LogP contribution in [0.25, 0.3) is 0 Å². The normalized spacial score (nSPS) is 13.6. The molecule has 158 valence electrons. The van der Waals surface area contributed by atoms with Crippen molar-refractivity contribution in [2.75, 3.05) is 36.4 Å². The minimum absolute atomic E-state index is 0.0672. The average molecular weight is 425 g/mol. The smallest absolute Gasteiger partial charge is 0.253 e. The second-order valence-electron chi connectivity index (χ2n) is 7.27. The Morgan fingerprint density at radius 3 is 2.33 bits per heavy atom. The van der Waals surface area contributed by atoms with Gasteiger partial charge in [0.15, 0.2) is 5.11 Å². The molecule has 0 spiro atoms. The number of unbranched alkanes of at least 4 members (excludes halogenated alkanes) is 1. The number of nitrogens with zero attached hydrogens (tertiary/aromatic N) is 2. The number of hydrogen-bond acceptors (Lipinski definition) is 4. The Kier molecular flexibility index (Phi) is 7.79. The molecule has 30 heavy (non-hydrogen) atoms. The van der Waals surface area contributed by atoms with E-state index in [-0.39, 0.29) is 11.8 Å². The molecule has 0 atom stereocenters. The van der Waals surface area contributed by atoms with E-state index in [0.717, 1.165) is 42.9 Å². The lowest BCUT2D eigenvalue weighted by Gasteiger charge is -2.37. The molecule has 0 aliphatic carbocycles. The van der Waals surface area contributed by atoms with E-state index >= 15 is 0 Å². The number of carbonyl (C=O) groups is 2. The Labute approximate surface area is 183 Å². The fourth-order valence-corrected chi connectivity index (χ4v) is 3.67. The van der Waals surface area contributed by atoms with Gasteiger partial charge in [-0.15, -0.1) is 0 Å². The molecule has 1 heterocycles. The minimum atomic E-state index is -0.0696. The fraction of sp³-hybridized carbons (Fsp3) is 0.348. The van der Waals surface area contributed by atoms with Gasteiger partial charge in [0, 0.05) is 38.2 Å². The molecule has 7 heteroatoms. The summed E-state index contributed by atoms with van der Waals surface area (Å²) in [5.74, 6) is -0.00232. The van der Waals surface area contributed by atoms with Crippen LogP contribution in [-0.4, -0.2) is 48.0 Å². The standard InChI is InChI=1S/C23H28N4O2S/c1-2-3-13-21(28)25-23(30)24-19-11-7-8-12-20(19)26-14-16-27(17-15-26)22(29)18-9-5-4-6-10-18/h4-12H,2-3,13-17H2,1H3,(H2,24,25,28,30). The molecule has 6 nitrogen and oxygen atoms in total. The van der Waals surface area contributed by atoms with Gasteiger partial charge in [0.05, 0.1) is 11.4 Å². The Hall–Kier alpha value is -2.93. The molecule has 2 aromatic rings. The summed E-state index contributed by atoms with van der Waals surface area (Å²) in [5, 5.41) is 6.20. The number of para-hydroxylation sites is 2. The van der Waals surface area contributed by atoms with Crippen molar-refractivity contribution >= 4 is 40.5 Å². The van der Waals surface area contributed by atoms with E-state index in [2.05, 4.69) is 15.5 Å². The zero-order chi connectivity index (χ0) is 21.3. The summed E-state index contributed by atoms with van der Waals surface area (Å²) in [4.78, 5) is 28.7. The Bertz CT molecular complexity index is 880. The lowest BCUT2D eigenvalue weighted by atomic mass is 10.1. The van der Waals surface area contributed by atoms with Gasteiger partial charge in [0.2, 0.25) is 5.91 Å². The molecule has 3 rings (SSSR count). The molecule has 2 aromatic carbocycles. The van der Waals surface area contributed by atoms with Crippen molar-refractivity contribution in [3.8, 4) is 0 Å².